The molecule has 0 radical (unpaired) electrons. The van der Waals surface area contributed by atoms with E-state index in [0.29, 0.717) is 5.89 Å². The highest BCUT2D eigenvalue weighted by Crippen LogP contribution is 2.47. The van der Waals surface area contributed by atoms with E-state index in [2.05, 4.69) is 181 Å². The minimum atomic E-state index is 0.626. The van der Waals surface area contributed by atoms with Gasteiger partial charge >= 0.3 is 0 Å². The number of benzene rings is 10. The van der Waals surface area contributed by atoms with E-state index in [1.807, 2.05) is 30.3 Å². The minimum Gasteiger partial charge on any atom is -0.435 e. The van der Waals surface area contributed by atoms with Gasteiger partial charge in [-0.3, -0.25) is 0 Å². The van der Waals surface area contributed by atoms with E-state index in [4.69, 9.17) is 9.40 Å². The first kappa shape index (κ1) is 32.0. The molecule has 1 heterocycles. The Labute approximate surface area is 324 Å². The van der Waals surface area contributed by atoms with Gasteiger partial charge in [0.1, 0.15) is 5.52 Å². The fourth-order valence-electron chi connectivity index (χ4n) is 8.47. The Morgan fingerprint density at radius 3 is 1.73 bits per heavy atom. The maximum absolute atomic E-state index is 6.67. The fraction of sp³-hybridized carbons (Fsp3) is 0. The molecule has 56 heavy (non-hydrogen) atoms. The zero-order valence-corrected chi connectivity index (χ0v) is 30.4. The van der Waals surface area contributed by atoms with Gasteiger partial charge in [-0.2, -0.15) is 0 Å². The second kappa shape index (κ2) is 13.1. The third-order valence-electron chi connectivity index (χ3n) is 11.1. The molecule has 11 rings (SSSR count). The fourth-order valence-corrected chi connectivity index (χ4v) is 8.47. The summed E-state index contributed by atoms with van der Waals surface area (Å²) in [6, 6.07) is 73.6. The molecule has 10 aromatic carbocycles. The normalized spacial score (nSPS) is 11.6. The van der Waals surface area contributed by atoms with Crippen molar-refractivity contribution >= 4 is 71.3 Å². The summed E-state index contributed by atoms with van der Waals surface area (Å²) in [5, 5.41) is 9.20. The van der Waals surface area contributed by atoms with Crippen LogP contribution in [-0.4, -0.2) is 4.98 Å². The molecule has 0 atom stereocenters. The molecule has 11 aromatic rings. The highest BCUT2D eigenvalue weighted by atomic mass is 16.3. The number of oxazole rings is 1. The monoisotopic (exact) mass is 714 g/mol. The van der Waals surface area contributed by atoms with Crippen molar-refractivity contribution < 1.29 is 4.42 Å². The van der Waals surface area contributed by atoms with Crippen LogP contribution >= 0.6 is 0 Å². The Morgan fingerprint density at radius 1 is 0.375 bits per heavy atom. The molecule has 0 aliphatic carbocycles. The summed E-state index contributed by atoms with van der Waals surface area (Å²) < 4.78 is 6.67. The van der Waals surface area contributed by atoms with Crippen LogP contribution in [-0.2, 0) is 0 Å². The van der Waals surface area contributed by atoms with Gasteiger partial charge in [-0.1, -0.05) is 164 Å². The molecule has 0 bridgehead atoms. The Balaban J connectivity index is 1.20. The lowest BCUT2D eigenvalue weighted by molar-refractivity contribution is 0.623. The maximum Gasteiger partial charge on any atom is 0.227 e. The van der Waals surface area contributed by atoms with Crippen molar-refractivity contribution in [2.24, 2.45) is 0 Å². The standard InChI is InChI=1S/C53H34N2O/c1-4-14-35(15-5-1)40-20-12-21-41(34-40)55(49-33-31-42(36-16-6-2-7-17-36)43-22-10-11-23-44(43)49)48-25-13-24-46-45(48)30-28-37-26-27-38-29-32-47-52(51(38)50(37)46)56-53(54-47)39-18-8-3-9-19-39/h1-34H. The first-order valence-electron chi connectivity index (χ1n) is 19.0. The van der Waals surface area contributed by atoms with Crippen molar-refractivity contribution in [1.29, 1.82) is 0 Å². The summed E-state index contributed by atoms with van der Waals surface area (Å²) in [6.07, 6.45) is 0. The smallest absolute Gasteiger partial charge is 0.227 e. The second-order valence-corrected chi connectivity index (χ2v) is 14.3. The SMILES string of the molecule is c1ccc(-c2cccc(N(c3ccc(-c4ccccc4)c4ccccc34)c3cccc4c3ccc3ccc5ccc6nc(-c7ccccc7)oc6c5c34)c2)cc1. The van der Waals surface area contributed by atoms with Gasteiger partial charge in [0.2, 0.25) is 5.89 Å². The van der Waals surface area contributed by atoms with Crippen LogP contribution in [0.4, 0.5) is 17.1 Å². The van der Waals surface area contributed by atoms with Crippen LogP contribution in [0.25, 0.3) is 87.9 Å². The van der Waals surface area contributed by atoms with Crippen molar-refractivity contribution in [2.45, 2.75) is 0 Å². The molecule has 0 saturated heterocycles. The van der Waals surface area contributed by atoms with Gasteiger partial charge in [0.25, 0.3) is 0 Å². The lowest BCUT2D eigenvalue weighted by Gasteiger charge is -2.29. The predicted molar refractivity (Wildman–Crippen MR) is 235 cm³/mol. The highest BCUT2D eigenvalue weighted by Gasteiger charge is 2.22. The Hall–Kier alpha value is -7.49. The largest absolute Gasteiger partial charge is 0.435 e. The molecule has 3 heteroatoms. The molecular weight excluding hydrogens is 681 g/mol. The molecule has 1 aromatic heterocycles. The third kappa shape index (κ3) is 5.25. The quantitative estimate of drug-likeness (QED) is 0.161. The van der Waals surface area contributed by atoms with Crippen LogP contribution in [0.15, 0.2) is 211 Å². The molecule has 262 valence electrons. The van der Waals surface area contributed by atoms with E-state index < -0.39 is 0 Å². The molecule has 0 saturated carbocycles. The van der Waals surface area contributed by atoms with Crippen LogP contribution in [0.2, 0.25) is 0 Å². The van der Waals surface area contributed by atoms with Gasteiger partial charge in [-0.05, 0) is 86.3 Å². The summed E-state index contributed by atoms with van der Waals surface area (Å²) in [5.41, 5.74) is 10.7. The molecule has 0 unspecified atom stereocenters. The first-order valence-corrected chi connectivity index (χ1v) is 19.0. The lowest BCUT2D eigenvalue weighted by atomic mass is 9.94. The van der Waals surface area contributed by atoms with E-state index in [-0.39, 0.29) is 0 Å². The molecule has 3 nitrogen and oxygen atoms in total. The van der Waals surface area contributed by atoms with Crippen molar-refractivity contribution in [1.82, 2.24) is 4.98 Å². The molecule has 0 amide bonds. The van der Waals surface area contributed by atoms with Gasteiger partial charge in [0.05, 0.1) is 11.4 Å². The summed E-state index contributed by atoms with van der Waals surface area (Å²) >= 11 is 0. The summed E-state index contributed by atoms with van der Waals surface area (Å²) in [6.45, 7) is 0. The number of aromatic nitrogens is 1. The van der Waals surface area contributed by atoms with E-state index in [9.17, 15) is 0 Å². The van der Waals surface area contributed by atoms with Crippen molar-refractivity contribution in [2.75, 3.05) is 4.90 Å². The van der Waals surface area contributed by atoms with Gasteiger partial charge in [0, 0.05) is 32.8 Å². The second-order valence-electron chi connectivity index (χ2n) is 14.3. The van der Waals surface area contributed by atoms with Crippen LogP contribution in [0.1, 0.15) is 0 Å². The number of nitrogens with zero attached hydrogens (tertiary/aromatic N) is 2. The van der Waals surface area contributed by atoms with E-state index in [0.717, 1.165) is 71.6 Å². The topological polar surface area (TPSA) is 29.3 Å². The molecule has 0 fully saturated rings. The van der Waals surface area contributed by atoms with Gasteiger partial charge in [-0.15, -0.1) is 0 Å². The molecule has 0 N–H and O–H groups in total. The maximum atomic E-state index is 6.67. The summed E-state index contributed by atoms with van der Waals surface area (Å²) in [4.78, 5) is 7.41. The number of hydrogen-bond donors (Lipinski definition) is 0. The lowest BCUT2D eigenvalue weighted by Crippen LogP contribution is -2.11. The Kier molecular flexibility index (Phi) is 7.49. The molecular formula is C53H34N2O. The number of anilines is 3. The average Bonchev–Trinajstić information content (AvgIpc) is 3.72. The molecule has 0 spiro atoms. The van der Waals surface area contributed by atoms with Crippen LogP contribution in [0.5, 0.6) is 0 Å². The van der Waals surface area contributed by atoms with Gasteiger partial charge < -0.3 is 9.32 Å². The minimum absolute atomic E-state index is 0.626. The van der Waals surface area contributed by atoms with Crippen LogP contribution in [0.3, 0.4) is 0 Å². The predicted octanol–water partition coefficient (Wildman–Crippen LogP) is 14.9. The van der Waals surface area contributed by atoms with E-state index in [1.54, 1.807) is 0 Å². The first-order chi connectivity index (χ1) is 27.8. The van der Waals surface area contributed by atoms with Crippen molar-refractivity contribution in [3.63, 3.8) is 0 Å². The van der Waals surface area contributed by atoms with Gasteiger partial charge in [0.15, 0.2) is 5.58 Å². The van der Waals surface area contributed by atoms with Crippen LogP contribution in [0, 0.1) is 0 Å². The summed E-state index contributed by atoms with van der Waals surface area (Å²) in [7, 11) is 0. The van der Waals surface area contributed by atoms with Crippen LogP contribution < -0.4 is 4.90 Å². The zero-order valence-electron chi connectivity index (χ0n) is 30.4. The summed E-state index contributed by atoms with van der Waals surface area (Å²) in [5.74, 6) is 0.626. The number of fused-ring (bicyclic) bond motifs is 8. The average molecular weight is 715 g/mol. The van der Waals surface area contributed by atoms with E-state index in [1.165, 1.54) is 27.5 Å². The third-order valence-corrected chi connectivity index (χ3v) is 11.1. The Bertz CT molecular complexity index is 3240. The van der Waals surface area contributed by atoms with E-state index >= 15 is 0 Å². The van der Waals surface area contributed by atoms with Crippen molar-refractivity contribution in [3.05, 3.63) is 206 Å². The number of rotatable bonds is 6. The zero-order chi connectivity index (χ0) is 37.0. The highest BCUT2D eigenvalue weighted by molar-refractivity contribution is 6.27. The molecule has 0 aliphatic rings. The Morgan fingerprint density at radius 2 is 0.946 bits per heavy atom. The van der Waals surface area contributed by atoms with Gasteiger partial charge in [-0.25, -0.2) is 4.98 Å². The van der Waals surface area contributed by atoms with Crippen molar-refractivity contribution in [3.8, 4) is 33.7 Å². The number of hydrogen-bond acceptors (Lipinski definition) is 3. The molecule has 0 aliphatic heterocycles.